The number of hydrogen-bond acceptors (Lipinski definition) is 9. The van der Waals surface area contributed by atoms with E-state index in [1.807, 2.05) is 11.0 Å². The summed E-state index contributed by atoms with van der Waals surface area (Å²) in [6, 6.07) is -0.973. The molecule has 13 nitrogen and oxygen atoms in total. The van der Waals surface area contributed by atoms with Crippen molar-refractivity contribution >= 4 is 29.6 Å². The van der Waals surface area contributed by atoms with Crippen molar-refractivity contribution in [1.29, 1.82) is 0 Å². The fraction of sp³-hybridized carbons (Fsp3) is 0.844. The number of allylic oxidation sites excluding steroid dienone is 1. The number of aliphatic hydroxyl groups excluding tert-OH is 2. The van der Waals surface area contributed by atoms with Crippen molar-refractivity contribution in [1.82, 2.24) is 26.2 Å². The molecule has 0 radical (unpaired) electrons. The second-order valence-corrected chi connectivity index (χ2v) is 15.5. The van der Waals surface area contributed by atoms with Gasteiger partial charge < -0.3 is 36.2 Å². The van der Waals surface area contributed by atoms with Gasteiger partial charge in [0.1, 0.15) is 12.6 Å². The first-order chi connectivity index (χ1) is 28.2. The number of unbranched alkanes of at least 4 members (excludes halogenated alkanes) is 13. The number of carbonyl (C=O) groups excluding carboxylic acids is 5. The number of nitrogens with one attached hydrogen (secondary N) is 4. The van der Waals surface area contributed by atoms with Crippen LogP contribution in [0.25, 0.3) is 0 Å². The van der Waals surface area contributed by atoms with Gasteiger partial charge in [-0.15, -0.1) is 0 Å². The second-order valence-electron chi connectivity index (χ2n) is 15.5. The van der Waals surface area contributed by atoms with E-state index in [1.165, 1.54) is 63.4 Å². The van der Waals surface area contributed by atoms with E-state index in [9.17, 15) is 24.0 Å². The number of ether oxygens (including phenoxy) is 1. The third-order valence-corrected chi connectivity index (χ3v) is 10.2. The third kappa shape index (κ3) is 35.0. The van der Waals surface area contributed by atoms with E-state index in [2.05, 4.69) is 42.0 Å². The van der Waals surface area contributed by atoms with Crippen molar-refractivity contribution in [3.05, 3.63) is 11.6 Å². The average Bonchev–Trinajstić information content (AvgIpc) is 3.21. The van der Waals surface area contributed by atoms with Gasteiger partial charge in [-0.25, -0.2) is 0 Å². The van der Waals surface area contributed by atoms with Gasteiger partial charge in [0.25, 0.3) is 0 Å². The second kappa shape index (κ2) is 40.7. The Kier molecular flexibility index (Phi) is 38.6. The molecule has 13 heteroatoms. The first-order valence-electron chi connectivity index (χ1n) is 23.1. The zero-order chi connectivity index (χ0) is 42.9. The number of carbonyl (C=O) groups is 5. The molecule has 4 amide bonds. The van der Waals surface area contributed by atoms with Crippen LogP contribution in [0.5, 0.6) is 0 Å². The molecule has 0 saturated carbocycles. The molecule has 0 saturated heterocycles. The van der Waals surface area contributed by atoms with Crippen LogP contribution in [-0.4, -0.2) is 110 Å². The Morgan fingerprint density at radius 1 is 0.534 bits per heavy atom. The van der Waals surface area contributed by atoms with Gasteiger partial charge in [0.15, 0.2) is 0 Å². The summed E-state index contributed by atoms with van der Waals surface area (Å²) in [5.41, 5.74) is 1.33. The van der Waals surface area contributed by atoms with Gasteiger partial charge in [0, 0.05) is 58.4 Å². The van der Waals surface area contributed by atoms with E-state index < -0.39 is 17.9 Å². The van der Waals surface area contributed by atoms with Crippen LogP contribution in [0.15, 0.2) is 11.6 Å². The zero-order valence-corrected chi connectivity index (χ0v) is 37.0. The molecule has 0 fully saturated rings. The van der Waals surface area contributed by atoms with Crippen molar-refractivity contribution < 1.29 is 38.9 Å². The normalized spacial score (nSPS) is 11.6. The van der Waals surface area contributed by atoms with Crippen LogP contribution < -0.4 is 21.3 Å². The molecular weight excluding hydrogens is 739 g/mol. The fourth-order valence-corrected chi connectivity index (χ4v) is 6.59. The number of aliphatic hydroxyl groups is 2. The molecule has 0 aliphatic heterocycles. The van der Waals surface area contributed by atoms with Gasteiger partial charge in [-0.05, 0) is 64.0 Å². The van der Waals surface area contributed by atoms with E-state index in [0.717, 1.165) is 57.8 Å². The summed E-state index contributed by atoms with van der Waals surface area (Å²) < 4.78 is 5.42. The van der Waals surface area contributed by atoms with Crippen molar-refractivity contribution in [3.63, 3.8) is 0 Å². The molecule has 0 aliphatic rings. The summed E-state index contributed by atoms with van der Waals surface area (Å²) in [5.74, 6) is -1.75. The van der Waals surface area contributed by atoms with E-state index in [4.69, 9.17) is 14.9 Å². The number of esters is 1. The van der Waals surface area contributed by atoms with Crippen LogP contribution in [0, 0.1) is 0 Å². The quantitative estimate of drug-likeness (QED) is 0.0231. The minimum absolute atomic E-state index is 0.0173. The first-order valence-corrected chi connectivity index (χ1v) is 23.1. The number of nitrogens with zero attached hydrogens (tertiary/aromatic N) is 1. The molecule has 0 aromatic carbocycles. The smallest absolute Gasteiger partial charge is 0.306 e. The van der Waals surface area contributed by atoms with Crippen LogP contribution in [-0.2, 0) is 28.7 Å². The maximum Gasteiger partial charge on any atom is 0.306 e. The van der Waals surface area contributed by atoms with Crippen molar-refractivity contribution in [2.75, 3.05) is 59.1 Å². The number of hydrogen-bond donors (Lipinski definition) is 6. The minimum Gasteiger partial charge on any atom is -0.461 e. The summed E-state index contributed by atoms with van der Waals surface area (Å²) >= 11 is 0. The Bertz CT molecular complexity index is 1070. The summed E-state index contributed by atoms with van der Waals surface area (Å²) in [5, 5.41) is 29.5. The lowest BCUT2D eigenvalue weighted by atomic mass is 10.0. The highest BCUT2D eigenvalue weighted by Crippen LogP contribution is 2.15. The summed E-state index contributed by atoms with van der Waals surface area (Å²) in [4.78, 5) is 65.4. The highest BCUT2D eigenvalue weighted by molar-refractivity contribution is 5.89. The lowest BCUT2D eigenvalue weighted by molar-refractivity contribution is -0.142. The monoisotopic (exact) mass is 824 g/mol. The lowest BCUT2D eigenvalue weighted by Gasteiger charge is -2.20. The molecule has 0 bridgehead atoms. The van der Waals surface area contributed by atoms with E-state index >= 15 is 0 Å². The molecule has 1 unspecified atom stereocenters. The average molecular weight is 824 g/mol. The van der Waals surface area contributed by atoms with Gasteiger partial charge in [-0.2, -0.15) is 0 Å². The Morgan fingerprint density at radius 2 is 1.03 bits per heavy atom. The SMILES string of the molecule is CCCCCCCCCCCCCCNC(=O)CCC(NC(=O)CCC(=O)NCCCN(CCO)CCO)C(=O)NCCCC(=O)OCC=C(CCCC)CCCC. The molecule has 0 rings (SSSR count). The predicted octanol–water partition coefficient (Wildman–Crippen LogP) is 6.39. The summed E-state index contributed by atoms with van der Waals surface area (Å²) in [7, 11) is 0. The van der Waals surface area contributed by atoms with Gasteiger partial charge >= 0.3 is 5.97 Å². The molecule has 6 N–H and O–H groups in total. The molecule has 0 spiro atoms. The van der Waals surface area contributed by atoms with E-state index in [1.54, 1.807) is 0 Å². The van der Waals surface area contributed by atoms with Crippen LogP contribution in [0.2, 0.25) is 0 Å². The topological polar surface area (TPSA) is 186 Å². The van der Waals surface area contributed by atoms with Gasteiger partial charge in [0.05, 0.1) is 13.2 Å². The molecule has 338 valence electrons. The van der Waals surface area contributed by atoms with E-state index in [0.29, 0.717) is 45.6 Å². The zero-order valence-electron chi connectivity index (χ0n) is 37.0. The summed E-state index contributed by atoms with van der Waals surface area (Å²) in [6.45, 7) is 9.41. The molecule has 0 aliphatic carbocycles. The molecule has 0 aromatic rings. The maximum atomic E-state index is 13.2. The first kappa shape index (κ1) is 55.0. The molecule has 58 heavy (non-hydrogen) atoms. The molecular formula is C45H85N5O8. The highest BCUT2D eigenvalue weighted by Gasteiger charge is 2.22. The van der Waals surface area contributed by atoms with Gasteiger partial charge in [0.2, 0.25) is 23.6 Å². The predicted molar refractivity (Wildman–Crippen MR) is 233 cm³/mol. The fourth-order valence-electron chi connectivity index (χ4n) is 6.59. The summed E-state index contributed by atoms with van der Waals surface area (Å²) in [6.07, 6.45) is 24.5. The molecule has 0 heterocycles. The molecule has 0 aromatic heterocycles. The molecule has 1 atom stereocenters. The maximum absolute atomic E-state index is 13.2. The lowest BCUT2D eigenvalue weighted by Crippen LogP contribution is -2.47. The van der Waals surface area contributed by atoms with Gasteiger partial charge in [-0.3, -0.25) is 28.9 Å². The van der Waals surface area contributed by atoms with E-state index in [-0.39, 0.29) is 76.3 Å². The Labute approximate surface area is 352 Å². The van der Waals surface area contributed by atoms with Gasteiger partial charge in [-0.1, -0.05) is 110 Å². The Balaban J connectivity index is 4.82. The van der Waals surface area contributed by atoms with Crippen LogP contribution in [0.3, 0.4) is 0 Å². The Morgan fingerprint density at radius 3 is 1.60 bits per heavy atom. The van der Waals surface area contributed by atoms with Crippen molar-refractivity contribution in [2.45, 2.75) is 187 Å². The van der Waals surface area contributed by atoms with Crippen LogP contribution in [0.4, 0.5) is 0 Å². The number of amides is 4. The largest absolute Gasteiger partial charge is 0.461 e. The van der Waals surface area contributed by atoms with Crippen LogP contribution in [0.1, 0.15) is 181 Å². The highest BCUT2D eigenvalue weighted by atomic mass is 16.5. The standard InChI is InChI=1S/C45H85N5O8/c1-4-7-10-11-12-13-14-15-16-17-18-19-30-46-41(53)26-25-40(49-43(55)28-27-42(54)47-32-21-33-50(34-36-51)35-37-52)45(57)48-31-20-24-44(56)58-38-29-39(22-8-5-2)23-9-6-3/h29,40,51-52H,4-28,30-38H2,1-3H3,(H,46,53)(H,47,54)(H,48,57)(H,49,55). The Hall–Kier alpha value is -3.03. The number of rotatable bonds is 41. The van der Waals surface area contributed by atoms with Crippen molar-refractivity contribution in [3.8, 4) is 0 Å². The van der Waals surface area contributed by atoms with Crippen molar-refractivity contribution in [2.24, 2.45) is 0 Å². The third-order valence-electron chi connectivity index (χ3n) is 10.2. The minimum atomic E-state index is -0.973. The van der Waals surface area contributed by atoms with Crippen LogP contribution >= 0.6 is 0 Å².